The topological polar surface area (TPSA) is 128 Å². The number of ether oxygens (including phenoxy) is 1. The van der Waals surface area contributed by atoms with Crippen LogP contribution in [0.3, 0.4) is 0 Å². The SMILES string of the molecule is C=CC1OC(C=C)C2C(=O)N(CC[NH+]=C(N)NC(=O)NCc3ccccc3)C(=O)C12. The van der Waals surface area contributed by atoms with Gasteiger partial charge in [0, 0.05) is 6.54 Å². The lowest BCUT2D eigenvalue weighted by Crippen LogP contribution is -2.81. The van der Waals surface area contributed by atoms with E-state index in [2.05, 4.69) is 28.8 Å². The van der Waals surface area contributed by atoms with Crippen molar-refractivity contribution in [3.63, 3.8) is 0 Å². The molecule has 4 unspecified atom stereocenters. The average molecular weight is 412 g/mol. The van der Waals surface area contributed by atoms with Gasteiger partial charge in [-0.15, -0.1) is 13.2 Å². The predicted molar refractivity (Wildman–Crippen MR) is 110 cm³/mol. The van der Waals surface area contributed by atoms with Crippen molar-refractivity contribution in [3.8, 4) is 0 Å². The summed E-state index contributed by atoms with van der Waals surface area (Å²) in [4.78, 5) is 41.3. The van der Waals surface area contributed by atoms with Crippen molar-refractivity contribution in [1.29, 1.82) is 0 Å². The summed E-state index contributed by atoms with van der Waals surface area (Å²) in [6.45, 7) is 8.04. The largest absolute Gasteiger partial charge is 0.379 e. The fourth-order valence-electron chi connectivity index (χ4n) is 3.73. The molecule has 0 bridgehead atoms. The highest BCUT2D eigenvalue weighted by Crippen LogP contribution is 2.41. The van der Waals surface area contributed by atoms with Gasteiger partial charge in [-0.3, -0.25) is 25.2 Å². The number of nitrogens with one attached hydrogen (secondary N) is 3. The van der Waals surface area contributed by atoms with E-state index in [0.717, 1.165) is 5.56 Å². The molecule has 4 amide bonds. The van der Waals surface area contributed by atoms with Crippen molar-refractivity contribution in [2.45, 2.75) is 18.8 Å². The van der Waals surface area contributed by atoms with E-state index in [1.165, 1.54) is 17.1 Å². The summed E-state index contributed by atoms with van der Waals surface area (Å²) in [5.74, 6) is -1.74. The maximum atomic E-state index is 12.7. The Balaban J connectivity index is 1.50. The second-order valence-electron chi connectivity index (χ2n) is 7.05. The number of guanidine groups is 1. The Hall–Kier alpha value is -3.46. The van der Waals surface area contributed by atoms with Crippen LogP contribution in [0.2, 0.25) is 0 Å². The number of nitrogens with zero attached hydrogens (tertiary/aromatic N) is 1. The molecule has 4 atom stereocenters. The molecule has 9 heteroatoms. The molecule has 2 saturated heterocycles. The van der Waals surface area contributed by atoms with Crippen LogP contribution < -0.4 is 21.4 Å². The highest BCUT2D eigenvalue weighted by molar-refractivity contribution is 6.06. The van der Waals surface area contributed by atoms with Gasteiger partial charge >= 0.3 is 12.0 Å². The van der Waals surface area contributed by atoms with Gasteiger partial charge in [-0.1, -0.05) is 42.5 Å². The minimum atomic E-state index is -0.582. The van der Waals surface area contributed by atoms with E-state index in [1.54, 1.807) is 0 Å². The van der Waals surface area contributed by atoms with Crippen molar-refractivity contribution < 1.29 is 24.1 Å². The first-order chi connectivity index (χ1) is 14.5. The number of rotatable bonds is 7. The molecule has 0 aromatic heterocycles. The molecule has 0 radical (unpaired) electrons. The number of nitrogens with two attached hydrogens (primary N) is 1. The van der Waals surface area contributed by atoms with Crippen LogP contribution in [-0.4, -0.2) is 54.0 Å². The van der Waals surface area contributed by atoms with Gasteiger partial charge in [0.25, 0.3) is 0 Å². The van der Waals surface area contributed by atoms with Gasteiger partial charge in [-0.05, 0) is 5.56 Å². The quantitative estimate of drug-likeness (QED) is 0.190. The van der Waals surface area contributed by atoms with Crippen molar-refractivity contribution >= 4 is 23.8 Å². The number of hydrogen-bond acceptors (Lipinski definition) is 4. The Morgan fingerprint density at radius 3 is 2.30 bits per heavy atom. The fraction of sp³-hybridized carbons (Fsp3) is 0.333. The molecule has 0 spiro atoms. The summed E-state index contributed by atoms with van der Waals surface area (Å²) in [6.07, 6.45) is 2.05. The number of amides is 4. The zero-order valence-corrected chi connectivity index (χ0v) is 16.5. The molecule has 1 aromatic rings. The third-order valence-corrected chi connectivity index (χ3v) is 5.17. The van der Waals surface area contributed by atoms with E-state index >= 15 is 0 Å². The highest BCUT2D eigenvalue weighted by atomic mass is 16.5. The lowest BCUT2D eigenvalue weighted by Gasteiger charge is -2.18. The highest BCUT2D eigenvalue weighted by Gasteiger charge is 2.58. The molecular formula is C21H26N5O4+. The van der Waals surface area contributed by atoms with Gasteiger partial charge in [0.15, 0.2) is 0 Å². The van der Waals surface area contributed by atoms with Crippen molar-refractivity contribution in [2.75, 3.05) is 13.1 Å². The standard InChI is InChI=1S/C21H25N5O4/c1-3-14-16-17(15(4-2)30-14)19(28)26(18(16)27)11-10-23-20(22)25-21(29)24-12-13-8-6-5-7-9-13/h3-9,14-17H,1-2,10-12H2,(H4,22,23,24,25,29)/p+1. The van der Waals surface area contributed by atoms with Crippen molar-refractivity contribution in [2.24, 2.45) is 17.6 Å². The van der Waals surface area contributed by atoms with Gasteiger partial charge < -0.3 is 10.1 Å². The molecule has 2 aliphatic heterocycles. The Bertz CT molecular complexity index is 837. The van der Waals surface area contributed by atoms with E-state index in [0.29, 0.717) is 6.54 Å². The van der Waals surface area contributed by atoms with E-state index in [9.17, 15) is 14.4 Å². The number of carbonyl (C=O) groups is 3. The summed E-state index contributed by atoms with van der Waals surface area (Å²) in [7, 11) is 0. The lowest BCUT2D eigenvalue weighted by molar-refractivity contribution is -0.459. The predicted octanol–water partition coefficient (Wildman–Crippen LogP) is -1.38. The fourth-order valence-corrected chi connectivity index (χ4v) is 3.73. The van der Waals surface area contributed by atoms with Gasteiger partial charge in [0.05, 0.1) is 37.1 Å². The van der Waals surface area contributed by atoms with Crippen LogP contribution in [0.15, 0.2) is 55.6 Å². The van der Waals surface area contributed by atoms with E-state index < -0.39 is 30.1 Å². The molecule has 30 heavy (non-hydrogen) atoms. The van der Waals surface area contributed by atoms with Gasteiger partial charge in [-0.2, -0.15) is 5.32 Å². The second kappa shape index (κ2) is 9.36. The molecular weight excluding hydrogens is 386 g/mol. The van der Waals surface area contributed by atoms with Crippen LogP contribution >= 0.6 is 0 Å². The number of urea groups is 1. The van der Waals surface area contributed by atoms with Crippen LogP contribution in [0.5, 0.6) is 0 Å². The van der Waals surface area contributed by atoms with Crippen LogP contribution in [0.4, 0.5) is 4.79 Å². The van der Waals surface area contributed by atoms with Gasteiger partial charge in [-0.25, -0.2) is 4.79 Å². The number of benzene rings is 1. The molecule has 1 aromatic carbocycles. The Morgan fingerprint density at radius 1 is 1.13 bits per heavy atom. The molecule has 3 rings (SSSR count). The first-order valence-electron chi connectivity index (χ1n) is 9.67. The van der Waals surface area contributed by atoms with Crippen LogP contribution in [0.1, 0.15) is 5.56 Å². The van der Waals surface area contributed by atoms with Crippen LogP contribution in [0.25, 0.3) is 0 Å². The van der Waals surface area contributed by atoms with Gasteiger partial charge in [0.1, 0.15) is 0 Å². The van der Waals surface area contributed by atoms with Crippen molar-refractivity contribution in [3.05, 3.63) is 61.2 Å². The Kier molecular flexibility index (Phi) is 6.63. The molecule has 2 aliphatic rings. The third-order valence-electron chi connectivity index (χ3n) is 5.17. The molecule has 2 heterocycles. The molecule has 158 valence electrons. The first kappa shape index (κ1) is 21.3. The summed E-state index contributed by atoms with van der Waals surface area (Å²) >= 11 is 0. The maximum absolute atomic E-state index is 12.7. The van der Waals surface area contributed by atoms with Gasteiger partial charge in [0.2, 0.25) is 11.8 Å². The molecule has 9 nitrogen and oxygen atoms in total. The Morgan fingerprint density at radius 2 is 1.73 bits per heavy atom. The third kappa shape index (κ3) is 4.41. The van der Waals surface area contributed by atoms with Crippen LogP contribution in [0, 0.1) is 11.8 Å². The Labute approximate surface area is 174 Å². The number of likely N-dealkylation sites (tertiary alicyclic amines) is 1. The molecule has 2 fully saturated rings. The second-order valence-corrected chi connectivity index (χ2v) is 7.05. The average Bonchev–Trinajstić information content (AvgIpc) is 3.24. The monoisotopic (exact) mass is 412 g/mol. The minimum Gasteiger partial charge on any atom is -0.365 e. The zero-order valence-electron chi connectivity index (χ0n) is 16.5. The summed E-state index contributed by atoms with van der Waals surface area (Å²) < 4.78 is 5.66. The maximum Gasteiger partial charge on any atom is 0.379 e. The van der Waals surface area contributed by atoms with E-state index in [4.69, 9.17) is 10.5 Å². The number of fused-ring (bicyclic) bond motifs is 1. The normalized spacial score (nSPS) is 25.7. The minimum absolute atomic E-state index is 0.0242. The smallest absolute Gasteiger partial charge is 0.365 e. The molecule has 5 N–H and O–H groups in total. The van der Waals surface area contributed by atoms with Crippen LogP contribution in [-0.2, 0) is 20.9 Å². The summed E-state index contributed by atoms with van der Waals surface area (Å²) in [5, 5.41) is 5.15. The van der Waals surface area contributed by atoms with Crippen molar-refractivity contribution in [1.82, 2.24) is 15.5 Å². The first-order valence-corrected chi connectivity index (χ1v) is 9.67. The number of hydrogen-bond donors (Lipinski definition) is 4. The van der Waals surface area contributed by atoms with E-state index in [-0.39, 0.29) is 30.9 Å². The van der Waals surface area contributed by atoms with E-state index in [1.807, 2.05) is 30.3 Å². The summed E-state index contributed by atoms with van der Waals surface area (Å²) in [5.41, 5.74) is 6.73. The lowest BCUT2D eigenvalue weighted by atomic mass is 9.89. The number of carbonyl (C=O) groups excluding carboxylic acids is 3. The number of imide groups is 1. The molecule has 0 saturated carbocycles. The zero-order chi connectivity index (χ0) is 21.7. The molecule has 0 aliphatic carbocycles. The summed E-state index contributed by atoms with van der Waals surface area (Å²) in [6, 6.07) is 8.98.